The van der Waals surface area contributed by atoms with Gasteiger partial charge in [0.15, 0.2) is 0 Å². The van der Waals surface area contributed by atoms with Gasteiger partial charge in [0, 0.05) is 18.7 Å². The van der Waals surface area contributed by atoms with Gasteiger partial charge in [0.25, 0.3) is 0 Å². The number of aromatic nitrogens is 2. The first-order valence-corrected chi connectivity index (χ1v) is 9.64. The predicted octanol–water partition coefficient (Wildman–Crippen LogP) is 3.41. The molecule has 0 spiro atoms. The molecule has 0 bridgehead atoms. The molecule has 7 nitrogen and oxygen atoms in total. The molecular formula is C22H21FN4O3. The van der Waals surface area contributed by atoms with Gasteiger partial charge in [0.1, 0.15) is 5.82 Å². The zero-order valence-electron chi connectivity index (χ0n) is 16.7. The molecule has 2 amide bonds. The van der Waals surface area contributed by atoms with Gasteiger partial charge in [-0.15, -0.1) is 5.10 Å². The molecule has 3 aromatic rings. The van der Waals surface area contributed by atoms with Crippen molar-refractivity contribution in [1.82, 2.24) is 10.2 Å². The van der Waals surface area contributed by atoms with Crippen LogP contribution in [0, 0.1) is 25.6 Å². The van der Waals surface area contributed by atoms with E-state index in [4.69, 9.17) is 4.42 Å². The molecule has 0 radical (unpaired) electrons. The molecule has 1 aliphatic heterocycles. The van der Waals surface area contributed by atoms with Crippen molar-refractivity contribution in [2.45, 2.75) is 26.7 Å². The largest absolute Gasteiger partial charge is 0.407 e. The normalized spacial score (nSPS) is 16.2. The number of halogens is 1. The van der Waals surface area contributed by atoms with E-state index >= 15 is 0 Å². The van der Waals surface area contributed by atoms with Crippen molar-refractivity contribution >= 4 is 23.5 Å². The lowest BCUT2D eigenvalue weighted by atomic mass is 10.0. The molecule has 2 heterocycles. The second kappa shape index (κ2) is 8.06. The molecule has 1 unspecified atom stereocenters. The smallest absolute Gasteiger partial charge is 0.322 e. The first-order chi connectivity index (χ1) is 14.4. The van der Waals surface area contributed by atoms with Crippen LogP contribution in [0.2, 0.25) is 0 Å². The molecular weight excluding hydrogens is 387 g/mol. The van der Waals surface area contributed by atoms with E-state index in [1.165, 1.54) is 34.7 Å². The maximum Gasteiger partial charge on any atom is 0.322 e. The van der Waals surface area contributed by atoms with Crippen molar-refractivity contribution < 1.29 is 18.4 Å². The standard InChI is InChI=1S/C22H21FN4O3/c1-13-3-4-15(14(2)9-13)10-19-25-26-22(30-19)24-21(29)16-11-20(28)27(12-16)18-7-5-17(23)6-8-18/h3-9,16H,10-12H2,1-2H3,(H,24,26,29). The van der Waals surface area contributed by atoms with Crippen LogP contribution >= 0.6 is 0 Å². The van der Waals surface area contributed by atoms with Crippen molar-refractivity contribution in [3.8, 4) is 0 Å². The lowest BCUT2D eigenvalue weighted by Gasteiger charge is -2.16. The zero-order chi connectivity index (χ0) is 21.3. The van der Waals surface area contributed by atoms with Crippen LogP contribution in [0.3, 0.4) is 0 Å². The maximum absolute atomic E-state index is 13.1. The maximum atomic E-state index is 13.1. The Bertz CT molecular complexity index is 1090. The number of nitrogens with zero attached hydrogens (tertiary/aromatic N) is 3. The third kappa shape index (κ3) is 4.22. The van der Waals surface area contributed by atoms with Crippen LogP contribution in [0.15, 0.2) is 46.9 Å². The lowest BCUT2D eigenvalue weighted by Crippen LogP contribution is -2.28. The summed E-state index contributed by atoms with van der Waals surface area (Å²) >= 11 is 0. The van der Waals surface area contributed by atoms with Crippen molar-refractivity contribution in [3.05, 3.63) is 70.9 Å². The summed E-state index contributed by atoms with van der Waals surface area (Å²) in [5, 5.41) is 10.5. The second-order valence-corrected chi connectivity index (χ2v) is 7.48. The molecule has 1 saturated heterocycles. The van der Waals surface area contributed by atoms with Crippen LogP contribution in [0.5, 0.6) is 0 Å². The molecule has 1 aliphatic rings. The molecule has 1 fully saturated rings. The monoisotopic (exact) mass is 408 g/mol. The summed E-state index contributed by atoms with van der Waals surface area (Å²) in [6.07, 6.45) is 0.530. The highest BCUT2D eigenvalue weighted by Crippen LogP contribution is 2.26. The summed E-state index contributed by atoms with van der Waals surface area (Å²) in [4.78, 5) is 26.3. The molecule has 1 aromatic heterocycles. The zero-order valence-corrected chi connectivity index (χ0v) is 16.7. The Balaban J connectivity index is 1.38. The Morgan fingerprint density at radius 3 is 2.70 bits per heavy atom. The number of nitrogens with one attached hydrogen (secondary N) is 1. The van der Waals surface area contributed by atoms with Crippen LogP contribution in [0.4, 0.5) is 16.1 Å². The fourth-order valence-electron chi connectivity index (χ4n) is 3.54. The number of carbonyl (C=O) groups excluding carboxylic acids is 2. The van der Waals surface area contributed by atoms with E-state index in [2.05, 4.69) is 21.6 Å². The molecule has 0 saturated carbocycles. The van der Waals surface area contributed by atoms with Crippen LogP contribution in [0.25, 0.3) is 0 Å². The quantitative estimate of drug-likeness (QED) is 0.699. The van der Waals surface area contributed by atoms with Crippen molar-refractivity contribution in [2.24, 2.45) is 5.92 Å². The van der Waals surface area contributed by atoms with Crippen molar-refractivity contribution in [3.63, 3.8) is 0 Å². The van der Waals surface area contributed by atoms with Crippen LogP contribution in [0.1, 0.15) is 29.0 Å². The van der Waals surface area contributed by atoms with E-state index < -0.39 is 5.92 Å². The lowest BCUT2D eigenvalue weighted by molar-refractivity contribution is -0.122. The number of benzene rings is 2. The Morgan fingerprint density at radius 1 is 1.20 bits per heavy atom. The van der Waals surface area contributed by atoms with E-state index in [0.29, 0.717) is 18.0 Å². The SMILES string of the molecule is Cc1ccc(Cc2nnc(NC(=O)C3CC(=O)N(c4ccc(F)cc4)C3)o2)c(C)c1. The first-order valence-electron chi connectivity index (χ1n) is 9.64. The molecule has 8 heteroatoms. The fraction of sp³-hybridized carbons (Fsp3) is 0.273. The highest BCUT2D eigenvalue weighted by Gasteiger charge is 2.35. The number of carbonyl (C=O) groups is 2. The molecule has 2 aromatic carbocycles. The Hall–Kier alpha value is -3.55. The average molecular weight is 408 g/mol. The van der Waals surface area contributed by atoms with Gasteiger partial charge in [-0.05, 0) is 49.2 Å². The van der Waals surface area contributed by atoms with Crippen molar-refractivity contribution in [1.29, 1.82) is 0 Å². The minimum Gasteiger partial charge on any atom is -0.407 e. The van der Waals surface area contributed by atoms with Crippen molar-refractivity contribution in [2.75, 3.05) is 16.8 Å². The number of hydrogen-bond acceptors (Lipinski definition) is 5. The fourth-order valence-corrected chi connectivity index (χ4v) is 3.54. The van der Waals surface area contributed by atoms with Gasteiger partial charge in [0.2, 0.25) is 17.7 Å². The van der Waals surface area contributed by atoms with Gasteiger partial charge >= 0.3 is 6.01 Å². The first kappa shape index (κ1) is 19.8. The van der Waals surface area contributed by atoms with E-state index in [-0.39, 0.29) is 36.6 Å². The number of anilines is 2. The summed E-state index contributed by atoms with van der Waals surface area (Å²) < 4.78 is 18.7. The summed E-state index contributed by atoms with van der Waals surface area (Å²) in [6, 6.07) is 11.7. The molecule has 1 atom stereocenters. The Labute approximate surface area is 172 Å². The van der Waals surface area contributed by atoms with Gasteiger partial charge in [-0.25, -0.2) is 4.39 Å². The number of rotatable bonds is 5. The summed E-state index contributed by atoms with van der Waals surface area (Å²) in [5.41, 5.74) is 3.93. The average Bonchev–Trinajstić information content (AvgIpc) is 3.31. The third-order valence-electron chi connectivity index (χ3n) is 5.17. The van der Waals surface area contributed by atoms with Gasteiger partial charge < -0.3 is 9.32 Å². The van der Waals surface area contributed by atoms with Gasteiger partial charge in [0.05, 0.1) is 12.3 Å². The molecule has 0 aliphatic carbocycles. The minimum atomic E-state index is -0.558. The highest BCUT2D eigenvalue weighted by molar-refractivity contribution is 6.02. The molecule has 30 heavy (non-hydrogen) atoms. The second-order valence-electron chi connectivity index (χ2n) is 7.48. The summed E-state index contributed by atoms with van der Waals surface area (Å²) in [7, 11) is 0. The Morgan fingerprint density at radius 2 is 1.97 bits per heavy atom. The van der Waals surface area contributed by atoms with Gasteiger partial charge in [-0.2, -0.15) is 0 Å². The number of hydrogen-bond donors (Lipinski definition) is 1. The van der Waals surface area contributed by atoms with Crippen LogP contribution < -0.4 is 10.2 Å². The van der Waals surface area contributed by atoms with Gasteiger partial charge in [-0.1, -0.05) is 28.9 Å². The highest BCUT2D eigenvalue weighted by atomic mass is 19.1. The van der Waals surface area contributed by atoms with Crippen LogP contribution in [-0.2, 0) is 16.0 Å². The summed E-state index contributed by atoms with van der Waals surface area (Å²) in [5.74, 6) is -1.10. The molecule has 1 N–H and O–H groups in total. The van der Waals surface area contributed by atoms with E-state index in [1.807, 2.05) is 26.0 Å². The summed E-state index contributed by atoms with van der Waals surface area (Å²) in [6.45, 7) is 4.26. The Kier molecular flexibility index (Phi) is 5.31. The van der Waals surface area contributed by atoms with E-state index in [1.54, 1.807) is 0 Å². The predicted molar refractivity (Wildman–Crippen MR) is 109 cm³/mol. The minimum absolute atomic E-state index is 0.00689. The number of amides is 2. The van der Waals surface area contributed by atoms with E-state index in [0.717, 1.165) is 11.1 Å². The number of aryl methyl sites for hydroxylation is 2. The molecule has 4 rings (SSSR count). The topological polar surface area (TPSA) is 88.3 Å². The van der Waals surface area contributed by atoms with E-state index in [9.17, 15) is 14.0 Å². The third-order valence-corrected chi connectivity index (χ3v) is 5.17. The molecule has 154 valence electrons. The van der Waals surface area contributed by atoms with Crippen LogP contribution in [-0.4, -0.2) is 28.6 Å². The van der Waals surface area contributed by atoms with Gasteiger partial charge in [-0.3, -0.25) is 14.9 Å².